The van der Waals surface area contributed by atoms with E-state index in [2.05, 4.69) is 29.8 Å². The number of rotatable bonds is 6. The van der Waals surface area contributed by atoms with Gasteiger partial charge in [-0.2, -0.15) is 0 Å². The van der Waals surface area contributed by atoms with Gasteiger partial charge in [-0.05, 0) is 24.8 Å². The molecule has 1 atom stereocenters. The van der Waals surface area contributed by atoms with Crippen molar-refractivity contribution in [3.8, 4) is 5.75 Å². The van der Waals surface area contributed by atoms with Crippen molar-refractivity contribution < 1.29 is 9.66 Å². The number of benzene rings is 1. The topological polar surface area (TPSA) is 52.4 Å². The van der Waals surface area contributed by atoms with Gasteiger partial charge in [0.05, 0.1) is 12.0 Å². The molecule has 0 N–H and O–H groups in total. The Morgan fingerprint density at radius 3 is 2.61 bits per heavy atom. The molecule has 4 nitrogen and oxygen atoms in total. The highest BCUT2D eigenvalue weighted by Crippen LogP contribution is 2.27. The number of hydrogen-bond acceptors (Lipinski definition) is 3. The van der Waals surface area contributed by atoms with Gasteiger partial charge in [-0.15, -0.1) is 0 Å². The number of halogens is 1. The molecule has 0 bridgehead atoms. The third-order valence-corrected chi connectivity index (χ3v) is 4.40. The van der Waals surface area contributed by atoms with Crippen LogP contribution in [0.25, 0.3) is 0 Å². The zero-order valence-corrected chi connectivity index (χ0v) is 12.4. The van der Waals surface area contributed by atoms with Crippen LogP contribution in [0.15, 0.2) is 18.2 Å². The zero-order chi connectivity index (χ0) is 13.7. The molecular formula is C13H18BrNO3. The van der Waals surface area contributed by atoms with Crippen LogP contribution in [0, 0.1) is 16.0 Å². The fraction of sp³-hybridized carbons (Fsp3) is 0.538. The van der Waals surface area contributed by atoms with Crippen LogP contribution in [0.3, 0.4) is 0 Å². The minimum Gasteiger partial charge on any atom is -0.496 e. The van der Waals surface area contributed by atoms with Crippen molar-refractivity contribution in [2.24, 2.45) is 5.92 Å². The fourth-order valence-electron chi connectivity index (χ4n) is 1.70. The number of non-ortho nitro benzene ring substituents is 1. The van der Waals surface area contributed by atoms with Gasteiger partial charge in [-0.3, -0.25) is 10.1 Å². The van der Waals surface area contributed by atoms with E-state index >= 15 is 0 Å². The molecule has 0 heterocycles. The van der Waals surface area contributed by atoms with E-state index in [9.17, 15) is 10.1 Å². The molecule has 0 spiro atoms. The van der Waals surface area contributed by atoms with Gasteiger partial charge in [-0.1, -0.05) is 29.8 Å². The molecule has 0 amide bonds. The van der Waals surface area contributed by atoms with E-state index in [1.54, 1.807) is 19.2 Å². The molecule has 0 saturated heterocycles. The maximum absolute atomic E-state index is 10.8. The normalized spacial score (nSPS) is 12.5. The molecule has 1 unspecified atom stereocenters. The molecule has 0 aliphatic rings. The van der Waals surface area contributed by atoms with Crippen LogP contribution in [0.2, 0.25) is 0 Å². The van der Waals surface area contributed by atoms with Gasteiger partial charge < -0.3 is 4.74 Å². The highest BCUT2D eigenvalue weighted by atomic mass is 79.9. The lowest BCUT2D eigenvalue weighted by atomic mass is 10.0. The summed E-state index contributed by atoms with van der Waals surface area (Å²) in [7, 11) is 1.58. The summed E-state index contributed by atoms with van der Waals surface area (Å²) < 4.78 is 5.23. The third kappa shape index (κ3) is 3.98. The quantitative estimate of drug-likeness (QED) is 0.453. The van der Waals surface area contributed by atoms with Gasteiger partial charge in [0, 0.05) is 22.5 Å². The smallest absolute Gasteiger partial charge is 0.269 e. The Bertz CT molecular complexity index is 421. The summed E-state index contributed by atoms with van der Waals surface area (Å²) in [6, 6.07) is 4.72. The first-order valence-corrected chi connectivity index (χ1v) is 6.82. The van der Waals surface area contributed by atoms with Crippen molar-refractivity contribution >= 4 is 21.6 Å². The number of nitro groups is 1. The number of methoxy groups -OCH3 is 1. The molecule has 0 aromatic heterocycles. The standard InChI is InChI=1S/C13H18BrNO3/c1-9(2)12(14)6-4-10-8-11(15(16)17)5-7-13(10)18-3/h5,7-9,12H,4,6H2,1-3H3. The van der Waals surface area contributed by atoms with E-state index in [0.717, 1.165) is 18.4 Å². The van der Waals surface area contributed by atoms with E-state index in [-0.39, 0.29) is 10.6 Å². The van der Waals surface area contributed by atoms with Crippen LogP contribution in [0.1, 0.15) is 25.8 Å². The first-order chi connectivity index (χ1) is 8.45. The number of hydrogen-bond donors (Lipinski definition) is 0. The lowest BCUT2D eigenvalue weighted by Gasteiger charge is -2.14. The average molecular weight is 316 g/mol. The second kappa shape index (κ2) is 6.73. The molecule has 0 aliphatic carbocycles. The van der Waals surface area contributed by atoms with Crippen LogP contribution in [-0.2, 0) is 6.42 Å². The second-order valence-electron chi connectivity index (χ2n) is 4.55. The van der Waals surface area contributed by atoms with E-state index in [0.29, 0.717) is 16.5 Å². The highest BCUT2D eigenvalue weighted by Gasteiger charge is 2.14. The summed E-state index contributed by atoms with van der Waals surface area (Å²) in [6.07, 6.45) is 1.69. The summed E-state index contributed by atoms with van der Waals surface area (Å²) in [4.78, 5) is 10.8. The Balaban J connectivity index is 2.84. The molecule has 0 saturated carbocycles. The molecular weight excluding hydrogens is 298 g/mol. The van der Waals surface area contributed by atoms with Crippen molar-refractivity contribution in [1.29, 1.82) is 0 Å². The predicted molar refractivity (Wildman–Crippen MR) is 75.5 cm³/mol. The van der Waals surface area contributed by atoms with E-state index in [4.69, 9.17) is 4.74 Å². The average Bonchev–Trinajstić information content (AvgIpc) is 2.35. The van der Waals surface area contributed by atoms with Gasteiger partial charge in [-0.25, -0.2) is 0 Å². The SMILES string of the molecule is COc1ccc([N+](=O)[O-])cc1CCC(Br)C(C)C. The maximum atomic E-state index is 10.8. The molecule has 0 fully saturated rings. The zero-order valence-electron chi connectivity index (χ0n) is 10.9. The van der Waals surface area contributed by atoms with Gasteiger partial charge in [0.1, 0.15) is 5.75 Å². The van der Waals surface area contributed by atoms with Crippen LogP contribution in [-0.4, -0.2) is 16.9 Å². The highest BCUT2D eigenvalue weighted by molar-refractivity contribution is 9.09. The molecule has 1 rings (SSSR count). The van der Waals surface area contributed by atoms with Crippen molar-refractivity contribution in [1.82, 2.24) is 0 Å². The van der Waals surface area contributed by atoms with E-state index in [1.165, 1.54) is 6.07 Å². The molecule has 18 heavy (non-hydrogen) atoms. The summed E-state index contributed by atoms with van der Waals surface area (Å²) in [5.74, 6) is 1.25. The lowest BCUT2D eigenvalue weighted by molar-refractivity contribution is -0.384. The van der Waals surface area contributed by atoms with Gasteiger partial charge in [0.2, 0.25) is 0 Å². The summed E-state index contributed by atoms with van der Waals surface area (Å²) in [5, 5.41) is 10.8. The van der Waals surface area contributed by atoms with Crippen molar-refractivity contribution in [2.45, 2.75) is 31.5 Å². The Morgan fingerprint density at radius 2 is 2.11 bits per heavy atom. The monoisotopic (exact) mass is 315 g/mol. The number of ether oxygens (including phenoxy) is 1. The Labute approximate surface area is 116 Å². The van der Waals surface area contributed by atoms with Gasteiger partial charge in [0.25, 0.3) is 5.69 Å². The van der Waals surface area contributed by atoms with E-state index in [1.807, 2.05) is 0 Å². The van der Waals surface area contributed by atoms with Gasteiger partial charge in [0.15, 0.2) is 0 Å². The van der Waals surface area contributed by atoms with Crippen LogP contribution < -0.4 is 4.74 Å². The first kappa shape index (κ1) is 15.0. The second-order valence-corrected chi connectivity index (χ2v) is 5.73. The third-order valence-electron chi connectivity index (χ3n) is 2.89. The summed E-state index contributed by atoms with van der Waals surface area (Å²) >= 11 is 3.62. The largest absolute Gasteiger partial charge is 0.496 e. The Morgan fingerprint density at radius 1 is 1.44 bits per heavy atom. The molecule has 5 heteroatoms. The molecule has 1 aromatic rings. The minimum atomic E-state index is -0.378. The summed E-state index contributed by atoms with van der Waals surface area (Å²) in [6.45, 7) is 4.29. The molecule has 1 aromatic carbocycles. The van der Waals surface area contributed by atoms with E-state index < -0.39 is 0 Å². The Hall–Kier alpha value is -1.10. The van der Waals surface area contributed by atoms with Crippen molar-refractivity contribution in [2.75, 3.05) is 7.11 Å². The Kier molecular flexibility index (Phi) is 5.59. The van der Waals surface area contributed by atoms with Crippen molar-refractivity contribution in [3.63, 3.8) is 0 Å². The number of alkyl halides is 1. The number of aryl methyl sites for hydroxylation is 1. The van der Waals surface area contributed by atoms with Crippen LogP contribution in [0.4, 0.5) is 5.69 Å². The van der Waals surface area contributed by atoms with Crippen molar-refractivity contribution in [3.05, 3.63) is 33.9 Å². The molecule has 100 valence electrons. The summed E-state index contributed by atoms with van der Waals surface area (Å²) in [5.41, 5.74) is 0.998. The predicted octanol–water partition coefficient (Wildman–Crippen LogP) is 3.96. The fourth-order valence-corrected chi connectivity index (χ4v) is 1.93. The lowest BCUT2D eigenvalue weighted by Crippen LogP contribution is -2.08. The number of nitro benzene ring substituents is 1. The van der Waals surface area contributed by atoms with Gasteiger partial charge >= 0.3 is 0 Å². The number of nitrogens with zero attached hydrogens (tertiary/aromatic N) is 1. The first-order valence-electron chi connectivity index (χ1n) is 5.91. The minimum absolute atomic E-state index is 0.112. The van der Waals surface area contributed by atoms with Crippen LogP contribution in [0.5, 0.6) is 5.75 Å². The molecule has 0 aliphatic heterocycles. The molecule has 0 radical (unpaired) electrons. The van der Waals surface area contributed by atoms with Crippen LogP contribution >= 0.6 is 15.9 Å². The maximum Gasteiger partial charge on any atom is 0.269 e.